The molecule has 0 radical (unpaired) electrons. The van der Waals surface area contributed by atoms with Crippen LogP contribution in [0.4, 0.5) is 0 Å². The third-order valence-corrected chi connectivity index (χ3v) is 4.99. The van der Waals surface area contributed by atoms with E-state index in [9.17, 15) is 4.79 Å². The first-order chi connectivity index (χ1) is 12.2. The topological polar surface area (TPSA) is 59.0 Å². The molecule has 2 N–H and O–H groups in total. The van der Waals surface area contributed by atoms with Crippen LogP contribution in [0.15, 0.2) is 43.0 Å². The maximum Gasteiger partial charge on any atom is 0.251 e. The largest absolute Gasteiger partial charge is 0.348 e. The normalized spacial score (nSPS) is 16.5. The Morgan fingerprint density at radius 3 is 2.96 bits per heavy atom. The number of rotatable bonds is 7. The van der Waals surface area contributed by atoms with Crippen molar-refractivity contribution in [3.8, 4) is 0 Å². The van der Waals surface area contributed by atoms with Crippen molar-refractivity contribution in [2.24, 2.45) is 5.92 Å². The van der Waals surface area contributed by atoms with E-state index < -0.39 is 0 Å². The van der Waals surface area contributed by atoms with Crippen LogP contribution in [-0.4, -0.2) is 34.6 Å². The third-order valence-electron chi connectivity index (χ3n) is 4.99. The van der Waals surface area contributed by atoms with Crippen LogP contribution >= 0.6 is 0 Å². The average Bonchev–Trinajstić information content (AvgIpc) is 3.15. The molecule has 1 atom stereocenters. The summed E-state index contributed by atoms with van der Waals surface area (Å²) in [4.78, 5) is 16.7. The fourth-order valence-electron chi connectivity index (χ4n) is 3.45. The highest BCUT2D eigenvalue weighted by Gasteiger charge is 2.16. The molecule has 1 fully saturated rings. The molecule has 5 nitrogen and oxygen atoms in total. The SMILES string of the molecule is CCC(Cn1ccnc1)NC(=O)c1cccc(CC2CCNCC2)c1. The van der Waals surface area contributed by atoms with Gasteiger partial charge in [-0.3, -0.25) is 4.79 Å². The van der Waals surface area contributed by atoms with Crippen molar-refractivity contribution in [3.63, 3.8) is 0 Å². The number of hydrogen-bond donors (Lipinski definition) is 2. The van der Waals surface area contributed by atoms with Gasteiger partial charge in [0.1, 0.15) is 0 Å². The first kappa shape index (κ1) is 17.7. The number of piperidine rings is 1. The van der Waals surface area contributed by atoms with Crippen LogP contribution in [0.3, 0.4) is 0 Å². The molecule has 0 saturated carbocycles. The van der Waals surface area contributed by atoms with Crippen molar-refractivity contribution in [3.05, 3.63) is 54.1 Å². The van der Waals surface area contributed by atoms with Crippen molar-refractivity contribution >= 4 is 5.91 Å². The lowest BCUT2D eigenvalue weighted by atomic mass is 9.90. The Morgan fingerprint density at radius 2 is 2.24 bits per heavy atom. The molecule has 1 aliphatic rings. The Balaban J connectivity index is 1.59. The molecule has 0 bridgehead atoms. The number of amides is 1. The molecule has 1 aromatic carbocycles. The Kier molecular flexibility index (Phi) is 6.23. The van der Waals surface area contributed by atoms with Gasteiger partial charge in [-0.1, -0.05) is 19.1 Å². The minimum atomic E-state index is 0.0131. The van der Waals surface area contributed by atoms with Gasteiger partial charge in [-0.15, -0.1) is 0 Å². The van der Waals surface area contributed by atoms with Crippen LogP contribution in [0.2, 0.25) is 0 Å². The summed E-state index contributed by atoms with van der Waals surface area (Å²) in [5.41, 5.74) is 2.03. The minimum absolute atomic E-state index is 0.0131. The summed E-state index contributed by atoms with van der Waals surface area (Å²) in [6.07, 6.45) is 9.87. The van der Waals surface area contributed by atoms with Gasteiger partial charge in [-0.2, -0.15) is 0 Å². The summed E-state index contributed by atoms with van der Waals surface area (Å²) < 4.78 is 2.00. The van der Waals surface area contributed by atoms with E-state index in [0.29, 0.717) is 0 Å². The quantitative estimate of drug-likeness (QED) is 0.815. The predicted octanol–water partition coefficient (Wildman–Crippen LogP) is 2.63. The molecule has 5 heteroatoms. The molecule has 0 aliphatic carbocycles. The highest BCUT2D eigenvalue weighted by atomic mass is 16.1. The van der Waals surface area contributed by atoms with E-state index in [0.717, 1.165) is 44.0 Å². The van der Waals surface area contributed by atoms with Crippen LogP contribution in [0.1, 0.15) is 42.1 Å². The molecular formula is C20H28N4O. The Bertz CT molecular complexity index is 662. The van der Waals surface area contributed by atoms with E-state index in [1.54, 1.807) is 12.5 Å². The lowest BCUT2D eigenvalue weighted by molar-refractivity contribution is 0.0931. The van der Waals surface area contributed by atoms with Gasteiger partial charge in [0, 0.05) is 30.5 Å². The van der Waals surface area contributed by atoms with Gasteiger partial charge in [0.2, 0.25) is 0 Å². The van der Waals surface area contributed by atoms with Crippen LogP contribution < -0.4 is 10.6 Å². The number of hydrogen-bond acceptors (Lipinski definition) is 3. The number of aromatic nitrogens is 2. The second kappa shape index (κ2) is 8.81. The lowest BCUT2D eigenvalue weighted by Gasteiger charge is -2.23. The summed E-state index contributed by atoms with van der Waals surface area (Å²) in [5.74, 6) is 0.739. The molecule has 1 aromatic heterocycles. The number of benzene rings is 1. The van der Waals surface area contributed by atoms with E-state index in [1.807, 2.05) is 22.9 Å². The average molecular weight is 340 g/mol. The molecule has 0 spiro atoms. The fraction of sp³-hybridized carbons (Fsp3) is 0.500. The van der Waals surface area contributed by atoms with Gasteiger partial charge in [-0.05, 0) is 62.4 Å². The van der Waals surface area contributed by atoms with Gasteiger partial charge >= 0.3 is 0 Å². The van der Waals surface area contributed by atoms with Gasteiger partial charge in [0.15, 0.2) is 0 Å². The predicted molar refractivity (Wildman–Crippen MR) is 99.5 cm³/mol. The number of nitrogens with zero attached hydrogens (tertiary/aromatic N) is 2. The molecule has 1 saturated heterocycles. The summed E-state index contributed by atoms with van der Waals surface area (Å²) >= 11 is 0. The molecule has 1 unspecified atom stereocenters. The molecule has 1 aliphatic heterocycles. The number of carbonyl (C=O) groups excluding carboxylic acids is 1. The summed E-state index contributed by atoms with van der Waals surface area (Å²) in [6.45, 7) is 5.06. The highest BCUT2D eigenvalue weighted by molar-refractivity contribution is 5.94. The van der Waals surface area contributed by atoms with Crippen molar-refractivity contribution in [1.82, 2.24) is 20.2 Å². The molecule has 25 heavy (non-hydrogen) atoms. The zero-order valence-corrected chi connectivity index (χ0v) is 14.9. The number of carbonyl (C=O) groups is 1. The van der Waals surface area contributed by atoms with E-state index in [-0.39, 0.29) is 11.9 Å². The van der Waals surface area contributed by atoms with E-state index in [1.165, 1.54) is 18.4 Å². The Labute approximate surface area is 149 Å². The number of nitrogens with one attached hydrogen (secondary N) is 2. The molecule has 1 amide bonds. The molecular weight excluding hydrogens is 312 g/mol. The minimum Gasteiger partial charge on any atom is -0.348 e. The zero-order valence-electron chi connectivity index (χ0n) is 14.9. The van der Waals surface area contributed by atoms with Crippen molar-refractivity contribution in [1.29, 1.82) is 0 Å². The van der Waals surface area contributed by atoms with E-state index in [4.69, 9.17) is 0 Å². The second-order valence-electron chi connectivity index (χ2n) is 6.94. The lowest BCUT2D eigenvalue weighted by Crippen LogP contribution is -2.37. The second-order valence-corrected chi connectivity index (χ2v) is 6.94. The molecule has 2 heterocycles. The standard InChI is InChI=1S/C20H28N4O/c1-2-19(14-24-11-10-22-15-24)23-20(25)18-5-3-4-17(13-18)12-16-6-8-21-9-7-16/h3-5,10-11,13,15-16,19,21H,2,6-9,12,14H2,1H3,(H,23,25). The van der Waals surface area contributed by atoms with Gasteiger partial charge < -0.3 is 15.2 Å². The van der Waals surface area contributed by atoms with Crippen LogP contribution in [0.25, 0.3) is 0 Å². The maximum absolute atomic E-state index is 12.6. The summed E-state index contributed by atoms with van der Waals surface area (Å²) in [7, 11) is 0. The van der Waals surface area contributed by atoms with Gasteiger partial charge in [0.25, 0.3) is 5.91 Å². The monoisotopic (exact) mass is 340 g/mol. The van der Waals surface area contributed by atoms with Gasteiger partial charge in [-0.25, -0.2) is 4.98 Å². The highest BCUT2D eigenvalue weighted by Crippen LogP contribution is 2.19. The van der Waals surface area contributed by atoms with E-state index >= 15 is 0 Å². The molecule has 3 rings (SSSR count). The smallest absolute Gasteiger partial charge is 0.251 e. The van der Waals surface area contributed by atoms with Gasteiger partial charge in [0.05, 0.1) is 6.33 Å². The number of imidazole rings is 1. The zero-order chi connectivity index (χ0) is 17.5. The van der Waals surface area contributed by atoms with E-state index in [2.05, 4.69) is 34.7 Å². The molecule has 2 aromatic rings. The van der Waals surface area contributed by atoms with Crippen molar-refractivity contribution in [2.75, 3.05) is 13.1 Å². The van der Waals surface area contributed by atoms with Crippen molar-refractivity contribution in [2.45, 2.75) is 45.2 Å². The Morgan fingerprint density at radius 1 is 1.40 bits per heavy atom. The van der Waals surface area contributed by atoms with Crippen molar-refractivity contribution < 1.29 is 4.79 Å². The first-order valence-electron chi connectivity index (χ1n) is 9.31. The third kappa shape index (κ3) is 5.16. The Hall–Kier alpha value is -2.14. The van der Waals surface area contributed by atoms with Crippen LogP contribution in [0.5, 0.6) is 0 Å². The summed E-state index contributed by atoms with van der Waals surface area (Å²) in [5, 5.41) is 6.56. The fourth-order valence-corrected chi connectivity index (χ4v) is 3.45. The van der Waals surface area contributed by atoms with Crippen LogP contribution in [0, 0.1) is 5.92 Å². The first-order valence-corrected chi connectivity index (χ1v) is 9.31. The summed E-state index contributed by atoms with van der Waals surface area (Å²) in [6, 6.07) is 8.21. The molecule has 134 valence electrons. The van der Waals surface area contributed by atoms with Crippen LogP contribution in [-0.2, 0) is 13.0 Å². The maximum atomic E-state index is 12.6.